The molecule has 0 aliphatic heterocycles. The molecule has 3 nitrogen and oxygen atoms in total. The number of nitrogens with one attached hydrogen (secondary N) is 1. The van der Waals surface area contributed by atoms with Crippen molar-refractivity contribution in [3.8, 4) is 0 Å². The Kier molecular flexibility index (Phi) is 3.77. The zero-order chi connectivity index (χ0) is 12.1. The monoisotopic (exact) mass is 231 g/mol. The first-order valence-electron chi connectivity index (χ1n) is 5.56. The minimum atomic E-state index is -0.232. The molecular formula is C13H14FN3. The summed E-state index contributed by atoms with van der Waals surface area (Å²) in [6.45, 7) is 2.72. The van der Waals surface area contributed by atoms with E-state index in [0.717, 1.165) is 12.2 Å². The number of halogens is 1. The lowest BCUT2D eigenvalue weighted by molar-refractivity contribution is 0.551. The third-order valence-electron chi connectivity index (χ3n) is 2.53. The van der Waals surface area contributed by atoms with Crippen LogP contribution in [0.1, 0.15) is 24.2 Å². The van der Waals surface area contributed by atoms with E-state index >= 15 is 0 Å². The molecule has 0 fully saturated rings. The molecule has 88 valence electrons. The standard InChI is InChI=1S/C13H14FN3/c1-2-16-13(12-7-8-15-9-17-12)10-5-3-4-6-11(10)14/h3-9,13,16H,2H2,1H3. The fourth-order valence-corrected chi connectivity index (χ4v) is 1.76. The first kappa shape index (κ1) is 11.7. The molecular weight excluding hydrogens is 217 g/mol. The molecule has 4 heteroatoms. The summed E-state index contributed by atoms with van der Waals surface area (Å²) in [6.07, 6.45) is 3.13. The van der Waals surface area contributed by atoms with Crippen LogP contribution in [0.25, 0.3) is 0 Å². The first-order valence-corrected chi connectivity index (χ1v) is 5.56. The summed E-state index contributed by atoms with van der Waals surface area (Å²) in [5, 5.41) is 3.23. The molecule has 0 spiro atoms. The van der Waals surface area contributed by atoms with E-state index in [0.29, 0.717) is 5.56 Å². The molecule has 0 amide bonds. The van der Waals surface area contributed by atoms with E-state index in [1.807, 2.05) is 13.0 Å². The van der Waals surface area contributed by atoms with Crippen molar-refractivity contribution in [1.29, 1.82) is 0 Å². The van der Waals surface area contributed by atoms with E-state index in [1.165, 1.54) is 12.4 Å². The molecule has 0 saturated carbocycles. The molecule has 1 aromatic heterocycles. The van der Waals surface area contributed by atoms with Crippen LogP contribution >= 0.6 is 0 Å². The van der Waals surface area contributed by atoms with Crippen LogP contribution in [0.5, 0.6) is 0 Å². The largest absolute Gasteiger partial charge is 0.305 e. The summed E-state index contributed by atoms with van der Waals surface area (Å²) in [5.74, 6) is -0.225. The molecule has 1 aromatic carbocycles. The van der Waals surface area contributed by atoms with Gasteiger partial charge in [-0.25, -0.2) is 14.4 Å². The van der Waals surface area contributed by atoms with E-state index in [1.54, 1.807) is 24.4 Å². The lowest BCUT2D eigenvalue weighted by Gasteiger charge is -2.18. The molecule has 0 aliphatic carbocycles. The third kappa shape index (κ3) is 2.65. The first-order chi connectivity index (χ1) is 8.33. The summed E-state index contributed by atoms with van der Waals surface area (Å²) >= 11 is 0. The van der Waals surface area contributed by atoms with E-state index in [-0.39, 0.29) is 11.9 Å². The Hall–Kier alpha value is -1.81. The Labute approximate surface area is 99.7 Å². The van der Waals surface area contributed by atoms with Gasteiger partial charge < -0.3 is 5.32 Å². The summed E-state index contributed by atoms with van der Waals surface area (Å²) in [4.78, 5) is 8.05. The minimum absolute atomic E-state index is 0.225. The predicted molar refractivity (Wildman–Crippen MR) is 64.0 cm³/mol. The molecule has 2 aromatic rings. The zero-order valence-electron chi connectivity index (χ0n) is 9.60. The van der Waals surface area contributed by atoms with Crippen LogP contribution < -0.4 is 5.32 Å². The van der Waals surface area contributed by atoms with Crippen LogP contribution in [-0.4, -0.2) is 16.5 Å². The SMILES string of the molecule is CCNC(c1ccncn1)c1ccccc1F. The highest BCUT2D eigenvalue weighted by molar-refractivity contribution is 5.28. The molecule has 1 atom stereocenters. The van der Waals surface area contributed by atoms with Gasteiger partial charge in [-0.15, -0.1) is 0 Å². The van der Waals surface area contributed by atoms with Gasteiger partial charge in [-0.3, -0.25) is 0 Å². The van der Waals surface area contributed by atoms with Crippen LogP contribution in [0.3, 0.4) is 0 Å². The van der Waals surface area contributed by atoms with Crippen molar-refractivity contribution in [2.75, 3.05) is 6.54 Å². The van der Waals surface area contributed by atoms with Gasteiger partial charge in [-0.05, 0) is 18.7 Å². The Morgan fingerprint density at radius 3 is 2.76 bits per heavy atom. The minimum Gasteiger partial charge on any atom is -0.305 e. The van der Waals surface area contributed by atoms with E-state index in [9.17, 15) is 4.39 Å². The maximum absolute atomic E-state index is 13.8. The van der Waals surface area contributed by atoms with Crippen LogP contribution in [0, 0.1) is 5.82 Å². The summed E-state index contributed by atoms with van der Waals surface area (Å²) in [6, 6.07) is 8.29. The highest BCUT2D eigenvalue weighted by Gasteiger charge is 2.17. The van der Waals surface area contributed by atoms with Crippen molar-refractivity contribution < 1.29 is 4.39 Å². The number of aromatic nitrogens is 2. The Morgan fingerprint density at radius 1 is 1.29 bits per heavy atom. The smallest absolute Gasteiger partial charge is 0.128 e. The van der Waals surface area contributed by atoms with E-state index in [4.69, 9.17) is 0 Å². The zero-order valence-corrected chi connectivity index (χ0v) is 9.60. The number of rotatable bonds is 4. The predicted octanol–water partition coefficient (Wildman–Crippen LogP) is 2.31. The number of benzene rings is 1. The van der Waals surface area contributed by atoms with Crippen LogP contribution in [0.4, 0.5) is 4.39 Å². The Balaban J connectivity index is 2.39. The van der Waals surface area contributed by atoms with Crippen molar-refractivity contribution in [2.45, 2.75) is 13.0 Å². The number of hydrogen-bond donors (Lipinski definition) is 1. The fraction of sp³-hybridized carbons (Fsp3) is 0.231. The lowest BCUT2D eigenvalue weighted by Crippen LogP contribution is -2.23. The average molecular weight is 231 g/mol. The van der Waals surface area contributed by atoms with Gasteiger partial charge in [-0.2, -0.15) is 0 Å². The molecule has 0 saturated heterocycles. The van der Waals surface area contributed by atoms with Crippen molar-refractivity contribution in [3.05, 3.63) is 59.9 Å². The van der Waals surface area contributed by atoms with Gasteiger partial charge in [0, 0.05) is 11.8 Å². The highest BCUT2D eigenvalue weighted by Crippen LogP contribution is 2.22. The van der Waals surface area contributed by atoms with Crippen molar-refractivity contribution >= 4 is 0 Å². The molecule has 1 N–H and O–H groups in total. The Morgan fingerprint density at radius 2 is 2.12 bits per heavy atom. The second-order valence-corrected chi connectivity index (χ2v) is 3.65. The molecule has 0 radical (unpaired) electrons. The maximum Gasteiger partial charge on any atom is 0.128 e. The van der Waals surface area contributed by atoms with Gasteiger partial charge in [0.2, 0.25) is 0 Å². The second kappa shape index (κ2) is 5.50. The molecule has 1 heterocycles. The van der Waals surface area contributed by atoms with Crippen molar-refractivity contribution in [2.24, 2.45) is 0 Å². The second-order valence-electron chi connectivity index (χ2n) is 3.65. The van der Waals surface area contributed by atoms with Crippen molar-refractivity contribution in [1.82, 2.24) is 15.3 Å². The molecule has 0 bridgehead atoms. The quantitative estimate of drug-likeness (QED) is 0.877. The van der Waals surface area contributed by atoms with E-state index in [2.05, 4.69) is 15.3 Å². The highest BCUT2D eigenvalue weighted by atomic mass is 19.1. The van der Waals surface area contributed by atoms with Gasteiger partial charge in [0.25, 0.3) is 0 Å². The molecule has 17 heavy (non-hydrogen) atoms. The van der Waals surface area contributed by atoms with Gasteiger partial charge >= 0.3 is 0 Å². The summed E-state index contributed by atoms with van der Waals surface area (Å²) in [7, 11) is 0. The van der Waals surface area contributed by atoms with Crippen molar-refractivity contribution in [3.63, 3.8) is 0 Å². The van der Waals surface area contributed by atoms with Gasteiger partial charge in [-0.1, -0.05) is 25.1 Å². The maximum atomic E-state index is 13.8. The number of hydrogen-bond acceptors (Lipinski definition) is 3. The normalized spacial score (nSPS) is 12.4. The topological polar surface area (TPSA) is 37.8 Å². The molecule has 2 rings (SSSR count). The van der Waals surface area contributed by atoms with E-state index < -0.39 is 0 Å². The Bertz CT molecular complexity index is 473. The fourth-order valence-electron chi connectivity index (χ4n) is 1.76. The van der Waals surface area contributed by atoms with Crippen LogP contribution in [-0.2, 0) is 0 Å². The van der Waals surface area contributed by atoms with Crippen LogP contribution in [0.15, 0.2) is 42.9 Å². The van der Waals surface area contributed by atoms with Gasteiger partial charge in [0.05, 0.1) is 11.7 Å². The average Bonchev–Trinajstić information content (AvgIpc) is 2.38. The summed E-state index contributed by atoms with van der Waals surface area (Å²) in [5.41, 5.74) is 1.38. The molecule has 1 unspecified atom stereocenters. The molecule has 0 aliphatic rings. The third-order valence-corrected chi connectivity index (χ3v) is 2.53. The van der Waals surface area contributed by atoms with Gasteiger partial charge in [0.15, 0.2) is 0 Å². The lowest BCUT2D eigenvalue weighted by atomic mass is 10.0. The summed E-state index contributed by atoms with van der Waals surface area (Å²) < 4.78 is 13.8. The van der Waals surface area contributed by atoms with Gasteiger partial charge in [0.1, 0.15) is 12.1 Å². The van der Waals surface area contributed by atoms with Crippen LogP contribution in [0.2, 0.25) is 0 Å². The number of nitrogens with zero attached hydrogens (tertiary/aromatic N) is 2.